The quantitative estimate of drug-likeness (QED) is 0.637. The number of nitrogens with zero attached hydrogens (tertiary/aromatic N) is 3. The molecule has 1 N–H and O–H groups in total. The monoisotopic (exact) mass is 342 g/mol. The van der Waals surface area contributed by atoms with Gasteiger partial charge < -0.3 is 15.1 Å². The normalized spacial score (nSPS) is 26.4. The fourth-order valence-corrected chi connectivity index (χ4v) is 4.19. The fourth-order valence-electron chi connectivity index (χ4n) is 4.19. The van der Waals surface area contributed by atoms with E-state index in [2.05, 4.69) is 65.1 Å². The third-order valence-corrected chi connectivity index (χ3v) is 5.90. The SMILES string of the molecule is CCN(CC)CC1CCN(C(=NC)NC2CC2c2ccccc2C)C1. The molecule has 25 heavy (non-hydrogen) atoms. The van der Waals surface area contributed by atoms with Crippen LogP contribution >= 0.6 is 0 Å². The van der Waals surface area contributed by atoms with E-state index in [1.165, 1.54) is 30.5 Å². The van der Waals surface area contributed by atoms with Gasteiger partial charge in [0.2, 0.25) is 0 Å². The Morgan fingerprint density at radius 2 is 2.04 bits per heavy atom. The van der Waals surface area contributed by atoms with Crippen molar-refractivity contribution in [1.29, 1.82) is 0 Å². The predicted octanol–water partition coefficient (Wildman–Crippen LogP) is 3.09. The van der Waals surface area contributed by atoms with E-state index in [1.54, 1.807) is 0 Å². The van der Waals surface area contributed by atoms with Gasteiger partial charge in [-0.15, -0.1) is 0 Å². The Hall–Kier alpha value is -1.55. The zero-order valence-corrected chi connectivity index (χ0v) is 16.3. The lowest BCUT2D eigenvalue weighted by Gasteiger charge is -2.24. The fraction of sp³-hybridized carbons (Fsp3) is 0.667. The molecule has 4 heteroatoms. The van der Waals surface area contributed by atoms with Gasteiger partial charge in [-0.25, -0.2) is 0 Å². The Kier molecular flexibility index (Phi) is 6.00. The first-order valence-corrected chi connectivity index (χ1v) is 9.92. The Morgan fingerprint density at radius 3 is 2.72 bits per heavy atom. The summed E-state index contributed by atoms with van der Waals surface area (Å²) in [4.78, 5) is 9.57. The Balaban J connectivity index is 1.52. The first-order valence-electron chi connectivity index (χ1n) is 9.92. The van der Waals surface area contributed by atoms with Crippen LogP contribution in [0.25, 0.3) is 0 Å². The molecule has 3 rings (SSSR count). The first kappa shape index (κ1) is 18.2. The highest BCUT2D eigenvalue weighted by atomic mass is 15.3. The van der Waals surface area contributed by atoms with Crippen LogP contribution in [0.15, 0.2) is 29.3 Å². The third-order valence-electron chi connectivity index (χ3n) is 5.90. The molecular formula is C21H34N4. The van der Waals surface area contributed by atoms with Gasteiger partial charge in [-0.1, -0.05) is 38.1 Å². The van der Waals surface area contributed by atoms with Crippen molar-refractivity contribution < 1.29 is 0 Å². The summed E-state index contributed by atoms with van der Waals surface area (Å²) in [6.07, 6.45) is 2.50. The summed E-state index contributed by atoms with van der Waals surface area (Å²) in [6, 6.07) is 9.33. The maximum Gasteiger partial charge on any atom is 0.193 e. The summed E-state index contributed by atoms with van der Waals surface area (Å²) >= 11 is 0. The molecular weight excluding hydrogens is 308 g/mol. The van der Waals surface area contributed by atoms with Gasteiger partial charge in [0, 0.05) is 38.6 Å². The van der Waals surface area contributed by atoms with E-state index in [0.29, 0.717) is 12.0 Å². The van der Waals surface area contributed by atoms with Crippen LogP contribution in [0.5, 0.6) is 0 Å². The second-order valence-corrected chi connectivity index (χ2v) is 7.58. The summed E-state index contributed by atoms with van der Waals surface area (Å²) in [7, 11) is 1.92. The van der Waals surface area contributed by atoms with Crippen LogP contribution in [0.3, 0.4) is 0 Å². The Morgan fingerprint density at radius 1 is 1.28 bits per heavy atom. The number of aliphatic imine (C=N–C) groups is 1. The minimum Gasteiger partial charge on any atom is -0.353 e. The van der Waals surface area contributed by atoms with Crippen molar-refractivity contribution in [3.63, 3.8) is 0 Å². The van der Waals surface area contributed by atoms with Gasteiger partial charge in [0.15, 0.2) is 5.96 Å². The lowest BCUT2D eigenvalue weighted by molar-refractivity contribution is 0.255. The van der Waals surface area contributed by atoms with Gasteiger partial charge in [0.25, 0.3) is 0 Å². The highest BCUT2D eigenvalue weighted by Crippen LogP contribution is 2.42. The minimum atomic E-state index is 0.543. The molecule has 4 nitrogen and oxygen atoms in total. The number of guanidine groups is 1. The largest absolute Gasteiger partial charge is 0.353 e. The standard InChI is InChI=1S/C21H34N4/c1-5-24(6-2)14-17-11-12-25(15-17)21(22-4)23-20-13-19(20)18-10-8-7-9-16(18)3/h7-10,17,19-20H,5-6,11-15H2,1-4H3,(H,22,23). The Bertz CT molecular complexity index is 593. The van der Waals surface area contributed by atoms with E-state index in [0.717, 1.165) is 38.1 Å². The lowest BCUT2D eigenvalue weighted by Crippen LogP contribution is -2.42. The number of nitrogens with one attached hydrogen (secondary N) is 1. The summed E-state index contributed by atoms with van der Waals surface area (Å²) < 4.78 is 0. The van der Waals surface area contributed by atoms with Gasteiger partial charge in [-0.2, -0.15) is 0 Å². The van der Waals surface area contributed by atoms with Crippen LogP contribution in [-0.4, -0.2) is 61.6 Å². The third kappa shape index (κ3) is 4.35. The smallest absolute Gasteiger partial charge is 0.193 e. The second-order valence-electron chi connectivity index (χ2n) is 7.58. The molecule has 1 aliphatic carbocycles. The topological polar surface area (TPSA) is 30.9 Å². The molecule has 1 heterocycles. The first-order chi connectivity index (χ1) is 12.2. The zero-order chi connectivity index (χ0) is 17.8. The number of hydrogen-bond acceptors (Lipinski definition) is 2. The van der Waals surface area contributed by atoms with Crippen LogP contribution in [0, 0.1) is 12.8 Å². The van der Waals surface area contributed by atoms with Gasteiger partial charge in [-0.05, 0) is 49.9 Å². The molecule has 1 saturated heterocycles. The molecule has 1 aliphatic heterocycles. The molecule has 3 atom stereocenters. The predicted molar refractivity (Wildman–Crippen MR) is 106 cm³/mol. The Labute approximate surface area is 153 Å². The summed E-state index contributed by atoms with van der Waals surface area (Å²) in [6.45, 7) is 12.5. The van der Waals surface area contributed by atoms with Crippen LogP contribution in [0.1, 0.15) is 43.7 Å². The average molecular weight is 343 g/mol. The van der Waals surface area contributed by atoms with Gasteiger partial charge in [-0.3, -0.25) is 4.99 Å². The molecule has 138 valence electrons. The molecule has 1 aromatic carbocycles. The van der Waals surface area contributed by atoms with Crippen LogP contribution in [0.4, 0.5) is 0 Å². The van der Waals surface area contributed by atoms with E-state index >= 15 is 0 Å². The molecule has 3 unspecified atom stereocenters. The molecule has 0 radical (unpaired) electrons. The van der Waals surface area contributed by atoms with Crippen LogP contribution < -0.4 is 5.32 Å². The lowest BCUT2D eigenvalue weighted by atomic mass is 10.0. The summed E-state index contributed by atoms with van der Waals surface area (Å²) in [5, 5.41) is 3.72. The highest BCUT2D eigenvalue weighted by Gasteiger charge is 2.40. The average Bonchev–Trinajstić information content (AvgIpc) is 3.24. The van der Waals surface area contributed by atoms with Gasteiger partial charge in [0.05, 0.1) is 0 Å². The molecule has 2 aliphatic rings. The van der Waals surface area contributed by atoms with Crippen LogP contribution in [0.2, 0.25) is 0 Å². The highest BCUT2D eigenvalue weighted by molar-refractivity contribution is 5.81. The van der Waals surface area contributed by atoms with Crippen molar-refractivity contribution in [2.75, 3.05) is 39.8 Å². The summed E-state index contributed by atoms with van der Waals surface area (Å²) in [5.74, 6) is 2.51. The second kappa shape index (κ2) is 8.22. The maximum absolute atomic E-state index is 4.57. The molecule has 0 bridgehead atoms. The minimum absolute atomic E-state index is 0.543. The number of hydrogen-bond donors (Lipinski definition) is 1. The van der Waals surface area contributed by atoms with Crippen molar-refractivity contribution in [3.8, 4) is 0 Å². The number of aryl methyl sites for hydroxylation is 1. The molecule has 0 spiro atoms. The van der Waals surface area contributed by atoms with E-state index in [4.69, 9.17) is 0 Å². The molecule has 0 aromatic heterocycles. The molecule has 2 fully saturated rings. The van der Waals surface area contributed by atoms with Gasteiger partial charge in [0.1, 0.15) is 0 Å². The number of benzene rings is 1. The molecule has 0 amide bonds. The molecule has 1 saturated carbocycles. The van der Waals surface area contributed by atoms with Crippen molar-refractivity contribution in [2.24, 2.45) is 10.9 Å². The van der Waals surface area contributed by atoms with Crippen molar-refractivity contribution in [1.82, 2.24) is 15.1 Å². The number of rotatable bonds is 6. The molecule has 1 aromatic rings. The van der Waals surface area contributed by atoms with Crippen molar-refractivity contribution >= 4 is 5.96 Å². The zero-order valence-electron chi connectivity index (χ0n) is 16.3. The van der Waals surface area contributed by atoms with Crippen molar-refractivity contribution in [3.05, 3.63) is 35.4 Å². The van der Waals surface area contributed by atoms with E-state index in [1.807, 2.05) is 7.05 Å². The van der Waals surface area contributed by atoms with E-state index in [9.17, 15) is 0 Å². The maximum atomic E-state index is 4.57. The van der Waals surface area contributed by atoms with E-state index < -0.39 is 0 Å². The summed E-state index contributed by atoms with van der Waals surface area (Å²) in [5.41, 5.74) is 2.91. The van der Waals surface area contributed by atoms with Crippen LogP contribution in [-0.2, 0) is 0 Å². The number of likely N-dealkylation sites (tertiary alicyclic amines) is 1. The van der Waals surface area contributed by atoms with Gasteiger partial charge >= 0.3 is 0 Å². The van der Waals surface area contributed by atoms with Crippen molar-refractivity contribution in [2.45, 2.75) is 45.6 Å². The van der Waals surface area contributed by atoms with E-state index in [-0.39, 0.29) is 0 Å².